The lowest BCUT2D eigenvalue weighted by molar-refractivity contribution is 0.0999. The van der Waals surface area contributed by atoms with Gasteiger partial charge in [-0.1, -0.05) is 59.3 Å². The zero-order chi connectivity index (χ0) is 21.4. The average molecular weight is 462 g/mol. The Balaban J connectivity index is 1.73. The van der Waals surface area contributed by atoms with Crippen LogP contribution in [0.15, 0.2) is 83.7 Å². The van der Waals surface area contributed by atoms with E-state index in [-0.39, 0.29) is 5.91 Å². The van der Waals surface area contributed by atoms with Crippen molar-refractivity contribution < 1.29 is 4.79 Å². The van der Waals surface area contributed by atoms with Gasteiger partial charge in [0, 0.05) is 11.9 Å². The SMILES string of the molecule is C=CCn1c(=NC(=O)c2cc(-c3cccs3)nc3ccccc23)sc2cccc(Cl)c21. The fraction of sp³-hybridized carbons (Fsp3) is 0.0417. The van der Waals surface area contributed by atoms with Crippen molar-refractivity contribution in [2.45, 2.75) is 6.54 Å². The van der Waals surface area contributed by atoms with Gasteiger partial charge in [-0.3, -0.25) is 4.79 Å². The standard InChI is InChI=1S/C24H16ClN3OS2/c1-2-12-28-22-17(25)8-5-10-21(22)31-24(28)27-23(29)16-14-19(20-11-6-13-30-20)26-18-9-4-3-7-15(16)18/h2-11,13-14H,1,12H2. The van der Waals surface area contributed by atoms with Crippen LogP contribution < -0.4 is 4.80 Å². The number of thiophene rings is 1. The summed E-state index contributed by atoms with van der Waals surface area (Å²) >= 11 is 9.47. The van der Waals surface area contributed by atoms with Gasteiger partial charge >= 0.3 is 0 Å². The molecule has 0 aliphatic heterocycles. The molecule has 31 heavy (non-hydrogen) atoms. The molecule has 0 atom stereocenters. The first-order valence-electron chi connectivity index (χ1n) is 9.57. The van der Waals surface area contributed by atoms with Crippen molar-refractivity contribution in [1.82, 2.24) is 9.55 Å². The number of halogens is 1. The number of benzene rings is 2. The van der Waals surface area contributed by atoms with Gasteiger partial charge in [0.2, 0.25) is 0 Å². The summed E-state index contributed by atoms with van der Waals surface area (Å²) in [6.07, 6.45) is 1.77. The van der Waals surface area contributed by atoms with E-state index < -0.39 is 0 Å². The van der Waals surface area contributed by atoms with Gasteiger partial charge < -0.3 is 4.57 Å². The molecular formula is C24H16ClN3OS2. The number of thiazole rings is 1. The molecule has 3 heterocycles. The van der Waals surface area contributed by atoms with Gasteiger partial charge in [-0.15, -0.1) is 17.9 Å². The molecule has 1 amide bonds. The second kappa shape index (κ2) is 8.23. The topological polar surface area (TPSA) is 47.2 Å². The molecule has 0 saturated heterocycles. The Morgan fingerprint density at radius 3 is 2.84 bits per heavy atom. The van der Waals surface area contributed by atoms with E-state index in [0.717, 1.165) is 31.7 Å². The summed E-state index contributed by atoms with van der Waals surface area (Å²) < 4.78 is 2.90. The monoisotopic (exact) mass is 461 g/mol. The Hall–Kier alpha value is -3.06. The molecular weight excluding hydrogens is 446 g/mol. The number of nitrogens with zero attached hydrogens (tertiary/aromatic N) is 3. The first kappa shape index (κ1) is 19.9. The molecule has 0 unspecified atom stereocenters. The molecule has 0 aliphatic rings. The quantitative estimate of drug-likeness (QED) is 0.284. The molecule has 2 aromatic carbocycles. The molecule has 0 bridgehead atoms. The van der Waals surface area contributed by atoms with E-state index in [1.807, 2.05) is 70.6 Å². The maximum atomic E-state index is 13.4. The molecule has 0 radical (unpaired) electrons. The van der Waals surface area contributed by atoms with Crippen LogP contribution in [0.3, 0.4) is 0 Å². The third-order valence-electron chi connectivity index (χ3n) is 4.88. The first-order chi connectivity index (χ1) is 15.2. The molecule has 5 aromatic rings. The predicted octanol–water partition coefficient (Wildman–Crippen LogP) is 6.56. The van der Waals surface area contributed by atoms with E-state index in [0.29, 0.717) is 21.9 Å². The number of carbonyl (C=O) groups is 1. The molecule has 5 rings (SSSR count). The number of allylic oxidation sites excluding steroid dienone is 1. The van der Waals surface area contributed by atoms with Crippen molar-refractivity contribution in [3.8, 4) is 10.6 Å². The molecule has 0 saturated carbocycles. The molecule has 152 valence electrons. The van der Waals surface area contributed by atoms with E-state index in [2.05, 4.69) is 11.6 Å². The van der Waals surface area contributed by atoms with Crippen LogP contribution in [-0.2, 0) is 6.54 Å². The fourth-order valence-corrected chi connectivity index (χ4v) is 5.60. The number of para-hydroxylation sites is 2. The summed E-state index contributed by atoms with van der Waals surface area (Å²) in [5.74, 6) is -0.308. The van der Waals surface area contributed by atoms with Crippen molar-refractivity contribution >= 4 is 61.3 Å². The minimum Gasteiger partial charge on any atom is -0.311 e. The summed E-state index contributed by atoms with van der Waals surface area (Å²) in [6.45, 7) is 4.35. The normalized spacial score (nSPS) is 12.0. The van der Waals surface area contributed by atoms with Crippen LogP contribution in [0.2, 0.25) is 5.02 Å². The van der Waals surface area contributed by atoms with Crippen LogP contribution in [0.1, 0.15) is 10.4 Å². The average Bonchev–Trinajstić information content (AvgIpc) is 3.43. The lowest BCUT2D eigenvalue weighted by Crippen LogP contribution is -2.16. The molecule has 0 aliphatic carbocycles. The number of hydrogen-bond donors (Lipinski definition) is 0. The number of rotatable bonds is 4. The van der Waals surface area contributed by atoms with Crippen molar-refractivity contribution in [2.24, 2.45) is 4.99 Å². The Labute approximate surface area is 191 Å². The highest BCUT2D eigenvalue weighted by Gasteiger charge is 2.15. The lowest BCUT2D eigenvalue weighted by atomic mass is 10.1. The van der Waals surface area contributed by atoms with Crippen LogP contribution in [0.25, 0.3) is 31.7 Å². The highest BCUT2D eigenvalue weighted by molar-refractivity contribution is 7.16. The van der Waals surface area contributed by atoms with Crippen LogP contribution in [0, 0.1) is 0 Å². The van der Waals surface area contributed by atoms with Gasteiger partial charge in [-0.25, -0.2) is 4.98 Å². The highest BCUT2D eigenvalue weighted by Crippen LogP contribution is 2.29. The van der Waals surface area contributed by atoms with Gasteiger partial charge in [0.15, 0.2) is 4.80 Å². The van der Waals surface area contributed by atoms with E-state index in [1.54, 1.807) is 17.4 Å². The first-order valence-corrected chi connectivity index (χ1v) is 11.6. The van der Waals surface area contributed by atoms with Crippen LogP contribution in [-0.4, -0.2) is 15.5 Å². The Bertz CT molecular complexity index is 1510. The largest absolute Gasteiger partial charge is 0.311 e. The third-order valence-corrected chi connectivity index (χ3v) is 7.12. The van der Waals surface area contributed by atoms with Crippen LogP contribution >= 0.6 is 34.3 Å². The summed E-state index contributed by atoms with van der Waals surface area (Å²) in [5, 5.41) is 3.40. The number of amides is 1. The summed E-state index contributed by atoms with van der Waals surface area (Å²) in [5.41, 5.74) is 2.93. The maximum Gasteiger partial charge on any atom is 0.280 e. The molecule has 0 fully saturated rings. The smallest absolute Gasteiger partial charge is 0.280 e. The second-order valence-corrected chi connectivity index (χ2v) is 9.20. The van der Waals surface area contributed by atoms with Crippen molar-refractivity contribution in [1.29, 1.82) is 0 Å². The van der Waals surface area contributed by atoms with Crippen molar-refractivity contribution in [2.75, 3.05) is 0 Å². The fourth-order valence-electron chi connectivity index (χ4n) is 3.52. The van der Waals surface area contributed by atoms with E-state index in [1.165, 1.54) is 11.3 Å². The second-order valence-electron chi connectivity index (χ2n) is 6.84. The summed E-state index contributed by atoms with van der Waals surface area (Å²) in [6, 6.07) is 19.2. The van der Waals surface area contributed by atoms with Gasteiger partial charge in [0.05, 0.1) is 36.9 Å². The van der Waals surface area contributed by atoms with E-state index >= 15 is 0 Å². The van der Waals surface area contributed by atoms with Gasteiger partial charge in [0.1, 0.15) is 0 Å². The molecule has 3 aromatic heterocycles. The minimum atomic E-state index is -0.308. The highest BCUT2D eigenvalue weighted by atomic mass is 35.5. The zero-order valence-corrected chi connectivity index (χ0v) is 18.7. The maximum absolute atomic E-state index is 13.4. The summed E-state index contributed by atoms with van der Waals surface area (Å²) in [7, 11) is 0. The Kier molecular flexibility index (Phi) is 5.28. The van der Waals surface area contributed by atoms with Gasteiger partial charge in [0.25, 0.3) is 5.91 Å². The number of aromatic nitrogens is 2. The van der Waals surface area contributed by atoms with Crippen molar-refractivity contribution in [3.05, 3.63) is 94.1 Å². The zero-order valence-electron chi connectivity index (χ0n) is 16.3. The van der Waals surface area contributed by atoms with Crippen LogP contribution in [0.5, 0.6) is 0 Å². The molecule has 0 N–H and O–H groups in total. The molecule has 4 nitrogen and oxygen atoms in total. The lowest BCUT2D eigenvalue weighted by Gasteiger charge is -2.06. The van der Waals surface area contributed by atoms with E-state index in [4.69, 9.17) is 16.6 Å². The third kappa shape index (κ3) is 3.63. The van der Waals surface area contributed by atoms with Crippen molar-refractivity contribution in [3.63, 3.8) is 0 Å². The van der Waals surface area contributed by atoms with Gasteiger partial charge in [-0.2, -0.15) is 4.99 Å². The number of carbonyl (C=O) groups excluding carboxylic acids is 1. The van der Waals surface area contributed by atoms with Gasteiger partial charge in [-0.05, 0) is 35.7 Å². The molecule has 0 spiro atoms. The molecule has 7 heteroatoms. The Morgan fingerprint density at radius 1 is 1.16 bits per heavy atom. The minimum absolute atomic E-state index is 0.308. The number of hydrogen-bond acceptors (Lipinski definition) is 4. The Morgan fingerprint density at radius 2 is 2.03 bits per heavy atom. The van der Waals surface area contributed by atoms with E-state index in [9.17, 15) is 4.79 Å². The van der Waals surface area contributed by atoms with Crippen LogP contribution in [0.4, 0.5) is 0 Å². The number of pyridine rings is 1. The summed E-state index contributed by atoms with van der Waals surface area (Å²) in [4.78, 5) is 24.3. The number of fused-ring (bicyclic) bond motifs is 2. The predicted molar refractivity (Wildman–Crippen MR) is 130 cm³/mol.